The number of hydrogen-bond donors (Lipinski definition) is 1. The quantitative estimate of drug-likeness (QED) is 0.574. The van der Waals surface area contributed by atoms with Crippen molar-refractivity contribution < 1.29 is 12.6 Å². The van der Waals surface area contributed by atoms with Gasteiger partial charge in [-0.1, -0.05) is 0 Å². The van der Waals surface area contributed by atoms with Gasteiger partial charge in [0.15, 0.2) is 0 Å². The second kappa shape index (κ2) is 2.31. The Balaban J connectivity index is 3.31. The number of hydrogen-bond acceptors (Lipinski definition) is 2. The van der Waals surface area contributed by atoms with Gasteiger partial charge in [0.1, 0.15) is 12.0 Å². The van der Waals surface area contributed by atoms with Gasteiger partial charge >= 0.3 is 0 Å². The molecule has 1 rings (SSSR count). The second-order valence-corrected chi connectivity index (χ2v) is 1.54. The Hall–Kier alpha value is -1.31. The van der Waals surface area contributed by atoms with Crippen LogP contribution in [0.1, 0.15) is 13.1 Å². The molecule has 1 aromatic carbocycles. The molecule has 0 saturated carbocycles. The molecule has 0 aliphatic carbocycles. The third kappa shape index (κ3) is 1.29. The lowest BCUT2D eigenvalue weighted by molar-refractivity contribution is 0.112. The molecule has 2 heteroatoms. The number of phenolic OH excluding ortho intramolecular Hbond substituents is 1. The smallest absolute Gasteiger partial charge is 0.150 e. The van der Waals surface area contributed by atoms with E-state index in [1.807, 2.05) is 0 Å². The third-order valence-corrected chi connectivity index (χ3v) is 0.887. The van der Waals surface area contributed by atoms with E-state index < -0.39 is 5.75 Å². The fourth-order valence-electron chi connectivity index (χ4n) is 0.455. The molecule has 1 aromatic rings. The second-order valence-electron chi connectivity index (χ2n) is 1.54. The van der Waals surface area contributed by atoms with Crippen molar-refractivity contribution >= 4 is 6.29 Å². The molecule has 0 spiro atoms. The fourth-order valence-corrected chi connectivity index (χ4v) is 0.455. The Morgan fingerprint density at radius 3 is 2.56 bits per heavy atom. The van der Waals surface area contributed by atoms with Gasteiger partial charge in [-0.15, -0.1) is 0 Å². The van der Waals surface area contributed by atoms with Crippen LogP contribution < -0.4 is 0 Å². The lowest BCUT2D eigenvalue weighted by Crippen LogP contribution is -1.74. The summed E-state index contributed by atoms with van der Waals surface area (Å²) in [5, 5.41) is 8.94. The van der Waals surface area contributed by atoms with Crippen molar-refractivity contribution in [3.8, 4) is 5.75 Å². The molecule has 46 valence electrons. The Morgan fingerprint density at radius 1 is 1.56 bits per heavy atom. The first-order chi connectivity index (χ1) is 5.15. The van der Waals surface area contributed by atoms with E-state index in [0.29, 0.717) is 6.29 Å². The average Bonchev–Trinajstić information content (AvgIpc) is 1.99. The molecule has 0 unspecified atom stereocenters. The van der Waals surface area contributed by atoms with Gasteiger partial charge in [0.25, 0.3) is 0 Å². The van der Waals surface area contributed by atoms with Crippen molar-refractivity contribution in [1.82, 2.24) is 0 Å². The van der Waals surface area contributed by atoms with Crippen molar-refractivity contribution in [1.29, 1.82) is 0 Å². The molecule has 1 N–H and O–H groups in total. The van der Waals surface area contributed by atoms with Gasteiger partial charge in [0.05, 0.1) is 2.74 Å². The molecule has 0 fully saturated rings. The summed E-state index contributed by atoms with van der Waals surface area (Å²) in [5.74, 6) is -0.393. The molecular formula is C7H6O2. The largest absolute Gasteiger partial charge is 0.508 e. The van der Waals surface area contributed by atoms with Crippen molar-refractivity contribution in [3.63, 3.8) is 0 Å². The van der Waals surface area contributed by atoms with Crippen LogP contribution in [0.5, 0.6) is 5.75 Å². The molecule has 0 atom stereocenters. The molecule has 0 saturated heterocycles. The van der Waals surface area contributed by atoms with Crippen molar-refractivity contribution in [2.75, 3.05) is 0 Å². The van der Waals surface area contributed by atoms with Gasteiger partial charge < -0.3 is 5.11 Å². The highest BCUT2D eigenvalue weighted by Crippen LogP contribution is 2.07. The van der Waals surface area contributed by atoms with E-state index in [1.54, 1.807) is 0 Å². The van der Waals surface area contributed by atoms with Crippen molar-refractivity contribution in [3.05, 3.63) is 29.8 Å². The molecule has 2 nitrogen and oxygen atoms in total. The minimum Gasteiger partial charge on any atom is -0.508 e. The van der Waals surface area contributed by atoms with Crippen LogP contribution in [0.15, 0.2) is 24.2 Å². The van der Waals surface area contributed by atoms with Gasteiger partial charge in [-0.3, -0.25) is 4.79 Å². The summed E-state index contributed by atoms with van der Waals surface area (Å²) < 4.78 is 14.2. The first-order valence-corrected chi connectivity index (χ1v) is 2.40. The Kier molecular flexibility index (Phi) is 0.939. The molecule has 0 heterocycles. The van der Waals surface area contributed by atoms with E-state index >= 15 is 0 Å². The minimum atomic E-state index is -0.393. The Bertz CT molecular complexity index is 273. The number of benzene rings is 1. The SMILES string of the molecule is [3H]c1cc(C=O)cc([3H])c1O. The van der Waals surface area contributed by atoms with Crippen LogP contribution in [0.3, 0.4) is 0 Å². The Morgan fingerprint density at radius 2 is 2.11 bits per heavy atom. The summed E-state index contributed by atoms with van der Waals surface area (Å²) in [7, 11) is 0. The summed E-state index contributed by atoms with van der Waals surface area (Å²) in [6.07, 6.45) is 0.537. The molecule has 0 bridgehead atoms. The zero-order valence-electron chi connectivity index (χ0n) is 6.59. The van der Waals surface area contributed by atoms with E-state index in [9.17, 15) is 4.79 Å². The van der Waals surface area contributed by atoms with Crippen LogP contribution in [0.2, 0.25) is 0 Å². The van der Waals surface area contributed by atoms with Crippen LogP contribution >= 0.6 is 0 Å². The van der Waals surface area contributed by atoms with Crippen LogP contribution in [-0.4, -0.2) is 11.4 Å². The molecule has 0 aliphatic heterocycles. The maximum absolute atomic E-state index is 10.2. The molecular weight excluding hydrogens is 116 g/mol. The number of aromatic hydroxyl groups is 1. The van der Waals surface area contributed by atoms with Gasteiger partial charge in [-0.25, -0.2) is 0 Å². The van der Waals surface area contributed by atoms with Gasteiger partial charge in [0.2, 0.25) is 0 Å². The third-order valence-electron chi connectivity index (χ3n) is 0.887. The van der Waals surface area contributed by atoms with Crippen LogP contribution in [0.25, 0.3) is 0 Å². The van der Waals surface area contributed by atoms with Gasteiger partial charge in [-0.2, -0.15) is 0 Å². The topological polar surface area (TPSA) is 37.3 Å². The van der Waals surface area contributed by atoms with Crippen molar-refractivity contribution in [2.24, 2.45) is 0 Å². The van der Waals surface area contributed by atoms with Crippen LogP contribution in [0.4, 0.5) is 0 Å². The van der Waals surface area contributed by atoms with Crippen LogP contribution in [-0.2, 0) is 0 Å². The van der Waals surface area contributed by atoms with E-state index in [0.717, 1.165) is 0 Å². The monoisotopic (exact) mass is 126 g/mol. The Labute approximate surface area is 55.6 Å². The number of carbonyl (C=O) groups excluding carboxylic acids is 1. The summed E-state index contributed by atoms with van der Waals surface area (Å²) >= 11 is 0. The standard InChI is InChI=1S/C7H6O2/c8-5-6-1-3-7(9)4-2-6/h1-5,9H/i3T,4T. The molecule has 0 amide bonds. The van der Waals surface area contributed by atoms with Gasteiger partial charge in [0, 0.05) is 5.56 Å². The van der Waals surface area contributed by atoms with Crippen LogP contribution in [0, 0.1) is 0 Å². The fraction of sp³-hybridized carbons (Fsp3) is 0. The summed E-state index contributed by atoms with van der Waals surface area (Å²) in [5.41, 5.74) is 0.234. The number of phenols is 1. The molecule has 9 heavy (non-hydrogen) atoms. The van der Waals surface area contributed by atoms with E-state index in [-0.39, 0.29) is 17.6 Å². The molecule has 0 aromatic heterocycles. The first kappa shape index (κ1) is 3.67. The summed E-state index contributed by atoms with van der Waals surface area (Å²) in [6, 6.07) is 2.03. The van der Waals surface area contributed by atoms with E-state index in [2.05, 4.69) is 0 Å². The number of aldehydes is 1. The first-order valence-electron chi connectivity index (χ1n) is 3.40. The number of rotatable bonds is 1. The predicted octanol–water partition coefficient (Wildman–Crippen LogP) is 1.20. The van der Waals surface area contributed by atoms with E-state index in [1.165, 1.54) is 12.1 Å². The highest BCUT2D eigenvalue weighted by Gasteiger charge is 1.86. The highest BCUT2D eigenvalue weighted by molar-refractivity contribution is 5.74. The molecule has 0 radical (unpaired) electrons. The lowest BCUT2D eigenvalue weighted by atomic mass is 10.2. The number of carbonyl (C=O) groups is 1. The maximum atomic E-state index is 10.2. The maximum Gasteiger partial charge on any atom is 0.150 e. The normalized spacial score (nSPS) is 12.0. The minimum absolute atomic E-state index is 0.195. The zero-order chi connectivity index (χ0) is 8.43. The molecule has 0 aliphatic rings. The van der Waals surface area contributed by atoms with E-state index in [4.69, 9.17) is 7.85 Å². The van der Waals surface area contributed by atoms with Crippen molar-refractivity contribution in [2.45, 2.75) is 0 Å². The summed E-state index contributed by atoms with van der Waals surface area (Å²) in [4.78, 5) is 10.2. The summed E-state index contributed by atoms with van der Waals surface area (Å²) in [6.45, 7) is 0. The average molecular weight is 126 g/mol. The van der Waals surface area contributed by atoms with Gasteiger partial charge in [-0.05, 0) is 24.2 Å². The predicted molar refractivity (Wildman–Crippen MR) is 33.5 cm³/mol. The zero-order valence-corrected chi connectivity index (χ0v) is 4.59. The lowest BCUT2D eigenvalue weighted by Gasteiger charge is -1.88. The highest BCUT2D eigenvalue weighted by atomic mass is 16.3.